The van der Waals surface area contributed by atoms with Crippen molar-refractivity contribution >= 4 is 17.1 Å². The summed E-state index contributed by atoms with van der Waals surface area (Å²) < 4.78 is 9.36. The predicted octanol–water partition coefficient (Wildman–Crippen LogP) is 0.211. The highest BCUT2D eigenvalue weighted by Crippen LogP contribution is 2.17. The van der Waals surface area contributed by atoms with Crippen LogP contribution in [0.25, 0.3) is 11.2 Å². The van der Waals surface area contributed by atoms with Gasteiger partial charge in [0.05, 0.1) is 12.9 Å². The largest absolute Gasteiger partial charge is 0.491 e. The number of benzene rings is 1. The van der Waals surface area contributed by atoms with Crippen molar-refractivity contribution in [3.05, 3.63) is 57.0 Å². The van der Waals surface area contributed by atoms with E-state index in [4.69, 9.17) is 9.84 Å². The first kappa shape index (κ1) is 16.5. The van der Waals surface area contributed by atoms with Gasteiger partial charge < -0.3 is 14.4 Å². The molecule has 0 atom stereocenters. The molecule has 0 unspecified atom stereocenters. The van der Waals surface area contributed by atoms with E-state index in [0.29, 0.717) is 11.2 Å². The van der Waals surface area contributed by atoms with E-state index in [1.165, 1.54) is 30.1 Å². The van der Waals surface area contributed by atoms with Crippen LogP contribution in [0.15, 0.2) is 40.2 Å². The number of carboxylic acid groups (broad SMARTS) is 1. The molecule has 0 bridgehead atoms. The number of carboxylic acids is 1. The normalized spacial score (nSPS) is 11.0. The number of carbonyl (C=O) groups is 1. The molecular formula is C16H16N4O5. The van der Waals surface area contributed by atoms with Gasteiger partial charge in [0.15, 0.2) is 11.2 Å². The Hall–Kier alpha value is -3.36. The molecule has 9 heteroatoms. The summed E-state index contributed by atoms with van der Waals surface area (Å²) in [6, 6.07) is 6.18. The fourth-order valence-electron chi connectivity index (χ4n) is 2.61. The Morgan fingerprint density at radius 1 is 1.24 bits per heavy atom. The minimum Gasteiger partial charge on any atom is -0.491 e. The summed E-state index contributed by atoms with van der Waals surface area (Å²) in [6.45, 7) is -0.0383. The lowest BCUT2D eigenvalue weighted by atomic mass is 10.2. The van der Waals surface area contributed by atoms with E-state index >= 15 is 0 Å². The van der Waals surface area contributed by atoms with Crippen LogP contribution in [-0.2, 0) is 20.6 Å². The molecule has 25 heavy (non-hydrogen) atoms. The van der Waals surface area contributed by atoms with Gasteiger partial charge in [0.1, 0.15) is 17.9 Å². The van der Waals surface area contributed by atoms with Crippen molar-refractivity contribution in [3.8, 4) is 5.75 Å². The summed E-state index contributed by atoms with van der Waals surface area (Å²) in [5, 5.41) is 9.13. The lowest BCUT2D eigenvalue weighted by molar-refractivity contribution is 0.0692. The molecule has 2 aromatic heterocycles. The molecule has 3 rings (SSSR count). The summed E-state index contributed by atoms with van der Waals surface area (Å²) in [6.07, 6.45) is 1.47. The zero-order valence-corrected chi connectivity index (χ0v) is 13.7. The number of aromatic nitrogens is 4. The third kappa shape index (κ3) is 2.80. The molecule has 0 aliphatic carbocycles. The van der Waals surface area contributed by atoms with E-state index in [1.807, 2.05) is 0 Å². The third-order valence-corrected chi connectivity index (χ3v) is 3.89. The van der Waals surface area contributed by atoms with Gasteiger partial charge in [-0.15, -0.1) is 0 Å². The Labute approximate surface area is 141 Å². The second-order valence-electron chi connectivity index (χ2n) is 5.48. The van der Waals surface area contributed by atoms with E-state index in [2.05, 4.69) is 4.98 Å². The van der Waals surface area contributed by atoms with Gasteiger partial charge in [0, 0.05) is 14.1 Å². The van der Waals surface area contributed by atoms with Gasteiger partial charge in [-0.25, -0.2) is 14.6 Å². The van der Waals surface area contributed by atoms with Crippen LogP contribution in [0.2, 0.25) is 0 Å². The predicted molar refractivity (Wildman–Crippen MR) is 89.1 cm³/mol. The zero-order chi connectivity index (χ0) is 18.1. The van der Waals surface area contributed by atoms with Gasteiger partial charge in [0.2, 0.25) is 0 Å². The zero-order valence-electron chi connectivity index (χ0n) is 13.7. The van der Waals surface area contributed by atoms with Gasteiger partial charge in [-0.1, -0.05) is 12.1 Å². The molecule has 0 amide bonds. The Morgan fingerprint density at radius 3 is 2.68 bits per heavy atom. The average Bonchev–Trinajstić information content (AvgIpc) is 2.98. The Morgan fingerprint density at radius 2 is 1.96 bits per heavy atom. The van der Waals surface area contributed by atoms with E-state index < -0.39 is 17.2 Å². The Bertz CT molecular complexity index is 1080. The molecule has 3 aromatic rings. The highest BCUT2D eigenvalue weighted by Gasteiger charge is 2.15. The smallest absolute Gasteiger partial charge is 0.339 e. The van der Waals surface area contributed by atoms with E-state index in [1.54, 1.807) is 23.7 Å². The van der Waals surface area contributed by atoms with Crippen molar-refractivity contribution in [2.24, 2.45) is 14.1 Å². The molecule has 130 valence electrons. The number of nitrogens with zero attached hydrogens (tertiary/aromatic N) is 4. The quantitative estimate of drug-likeness (QED) is 0.709. The summed E-state index contributed by atoms with van der Waals surface area (Å²) in [5.74, 6) is -0.929. The SMILES string of the molecule is Cn1cnc2c1c(=O)n(CCOc1ccccc1C(=O)O)c(=O)n2C. The number of para-hydroxylation sites is 1. The van der Waals surface area contributed by atoms with Crippen molar-refractivity contribution in [2.45, 2.75) is 6.54 Å². The van der Waals surface area contributed by atoms with Crippen LogP contribution < -0.4 is 16.0 Å². The molecule has 9 nitrogen and oxygen atoms in total. The van der Waals surface area contributed by atoms with Gasteiger partial charge in [0.25, 0.3) is 5.56 Å². The molecular weight excluding hydrogens is 328 g/mol. The first-order valence-electron chi connectivity index (χ1n) is 7.47. The minimum absolute atomic E-state index is 0.0133. The van der Waals surface area contributed by atoms with Crippen molar-refractivity contribution in [3.63, 3.8) is 0 Å². The Balaban J connectivity index is 1.90. The minimum atomic E-state index is -1.11. The van der Waals surface area contributed by atoms with E-state index in [-0.39, 0.29) is 24.5 Å². The maximum atomic E-state index is 12.5. The second-order valence-corrected chi connectivity index (χ2v) is 5.48. The summed E-state index contributed by atoms with van der Waals surface area (Å²) in [4.78, 5) is 40.1. The molecule has 0 aliphatic rings. The standard InChI is InChI=1S/C16H16N4O5/c1-18-9-17-13-12(18)14(21)20(16(24)19(13)2)7-8-25-11-6-4-3-5-10(11)15(22)23/h3-6,9H,7-8H2,1-2H3,(H,22,23). The summed E-state index contributed by atoms with van der Waals surface area (Å²) in [5.41, 5.74) is -0.330. The van der Waals surface area contributed by atoms with Gasteiger partial charge >= 0.3 is 11.7 Å². The molecule has 0 saturated carbocycles. The van der Waals surface area contributed by atoms with Crippen molar-refractivity contribution in [2.75, 3.05) is 6.61 Å². The fourth-order valence-corrected chi connectivity index (χ4v) is 2.61. The number of hydrogen-bond donors (Lipinski definition) is 1. The topological polar surface area (TPSA) is 108 Å². The van der Waals surface area contributed by atoms with Crippen molar-refractivity contribution < 1.29 is 14.6 Å². The van der Waals surface area contributed by atoms with E-state index in [0.717, 1.165) is 4.57 Å². The van der Waals surface area contributed by atoms with Gasteiger partial charge in [-0.05, 0) is 12.1 Å². The lowest BCUT2D eigenvalue weighted by Crippen LogP contribution is -2.40. The lowest BCUT2D eigenvalue weighted by Gasteiger charge is -2.11. The number of imidazole rings is 1. The Kier molecular flexibility index (Phi) is 4.14. The number of aryl methyl sites for hydroxylation is 2. The highest BCUT2D eigenvalue weighted by molar-refractivity contribution is 5.90. The fraction of sp³-hybridized carbons (Fsp3) is 0.250. The number of ether oxygens (including phenoxy) is 1. The van der Waals surface area contributed by atoms with Crippen LogP contribution in [0.1, 0.15) is 10.4 Å². The maximum Gasteiger partial charge on any atom is 0.339 e. The van der Waals surface area contributed by atoms with Gasteiger partial charge in [-0.3, -0.25) is 13.9 Å². The van der Waals surface area contributed by atoms with Crippen molar-refractivity contribution in [1.82, 2.24) is 18.7 Å². The van der Waals surface area contributed by atoms with Crippen LogP contribution in [-0.4, -0.2) is 36.4 Å². The molecule has 0 saturated heterocycles. The number of rotatable bonds is 5. The molecule has 1 N–H and O–H groups in total. The average molecular weight is 344 g/mol. The molecule has 0 aliphatic heterocycles. The van der Waals surface area contributed by atoms with Crippen LogP contribution in [0.3, 0.4) is 0 Å². The molecule has 2 heterocycles. The van der Waals surface area contributed by atoms with Crippen molar-refractivity contribution in [1.29, 1.82) is 0 Å². The van der Waals surface area contributed by atoms with Crippen LogP contribution in [0.4, 0.5) is 0 Å². The monoisotopic (exact) mass is 344 g/mol. The molecule has 0 radical (unpaired) electrons. The van der Waals surface area contributed by atoms with Crippen LogP contribution in [0.5, 0.6) is 5.75 Å². The number of hydrogen-bond acceptors (Lipinski definition) is 5. The molecule has 0 fully saturated rings. The molecule has 1 aromatic carbocycles. The number of aromatic carboxylic acids is 1. The van der Waals surface area contributed by atoms with Crippen LogP contribution in [0, 0.1) is 0 Å². The third-order valence-electron chi connectivity index (χ3n) is 3.89. The van der Waals surface area contributed by atoms with Gasteiger partial charge in [-0.2, -0.15) is 0 Å². The van der Waals surface area contributed by atoms with Crippen LogP contribution >= 0.6 is 0 Å². The maximum absolute atomic E-state index is 12.5. The second kappa shape index (κ2) is 6.27. The summed E-state index contributed by atoms with van der Waals surface area (Å²) >= 11 is 0. The number of fused-ring (bicyclic) bond motifs is 1. The summed E-state index contributed by atoms with van der Waals surface area (Å²) in [7, 11) is 3.21. The molecule has 0 spiro atoms. The first-order valence-corrected chi connectivity index (χ1v) is 7.47. The highest BCUT2D eigenvalue weighted by atomic mass is 16.5. The first-order chi connectivity index (χ1) is 11.9. The van der Waals surface area contributed by atoms with E-state index in [9.17, 15) is 14.4 Å².